The summed E-state index contributed by atoms with van der Waals surface area (Å²) in [5.74, 6) is -0.678. The maximum absolute atomic E-state index is 13.4. The molecule has 0 saturated carbocycles. The van der Waals surface area contributed by atoms with Crippen LogP contribution in [-0.4, -0.2) is 23.6 Å². The lowest BCUT2D eigenvalue weighted by Gasteiger charge is -2.07. The molecule has 0 unspecified atom stereocenters. The highest BCUT2D eigenvalue weighted by atomic mass is 32.2. The molecule has 10 heteroatoms. The Morgan fingerprint density at radius 3 is 2.79 bits per heavy atom. The second-order valence-corrected chi connectivity index (χ2v) is 6.31. The van der Waals surface area contributed by atoms with Crippen molar-refractivity contribution in [3.05, 3.63) is 35.1 Å². The lowest BCUT2D eigenvalue weighted by Crippen LogP contribution is -2.16. The zero-order valence-corrected chi connectivity index (χ0v) is 11.6. The van der Waals surface area contributed by atoms with E-state index in [0.29, 0.717) is 0 Å². The first kappa shape index (κ1) is 13.8. The Kier molecular flexibility index (Phi) is 3.73. The van der Waals surface area contributed by atoms with Crippen LogP contribution in [0.1, 0.15) is 5.56 Å². The number of aromatic nitrogens is 2. The van der Waals surface area contributed by atoms with Gasteiger partial charge in [-0.3, -0.25) is 4.72 Å². The van der Waals surface area contributed by atoms with Crippen LogP contribution in [0.2, 0.25) is 0 Å². The van der Waals surface area contributed by atoms with E-state index >= 15 is 0 Å². The van der Waals surface area contributed by atoms with E-state index in [-0.39, 0.29) is 20.6 Å². The zero-order valence-electron chi connectivity index (χ0n) is 9.20. The highest BCUT2D eigenvalue weighted by Gasteiger charge is 2.18. The van der Waals surface area contributed by atoms with Gasteiger partial charge in [0.15, 0.2) is 0 Å². The third-order valence-corrected chi connectivity index (χ3v) is 4.39. The van der Waals surface area contributed by atoms with Crippen LogP contribution in [0.15, 0.2) is 28.6 Å². The molecule has 0 radical (unpaired) electrons. The van der Waals surface area contributed by atoms with Crippen molar-refractivity contribution in [2.75, 3.05) is 4.72 Å². The maximum Gasteiger partial charge on any atom is 0.263 e. The van der Waals surface area contributed by atoms with Crippen molar-refractivity contribution in [3.8, 4) is 0 Å². The van der Waals surface area contributed by atoms with E-state index in [1.807, 2.05) is 0 Å². The zero-order chi connectivity index (χ0) is 14.0. The molecular formula is C9H7FN4O2S3. The number of hydrogen-bond donors (Lipinski definition) is 2. The van der Waals surface area contributed by atoms with E-state index < -0.39 is 15.8 Å². The van der Waals surface area contributed by atoms with Gasteiger partial charge in [0.2, 0.25) is 5.13 Å². The van der Waals surface area contributed by atoms with Gasteiger partial charge >= 0.3 is 0 Å². The molecule has 19 heavy (non-hydrogen) atoms. The minimum absolute atomic E-state index is 0.112. The highest BCUT2D eigenvalue weighted by Crippen LogP contribution is 2.19. The Morgan fingerprint density at radius 2 is 2.21 bits per heavy atom. The third-order valence-electron chi connectivity index (χ3n) is 2.10. The average molecular weight is 318 g/mol. The minimum atomic E-state index is -3.88. The van der Waals surface area contributed by atoms with Crippen molar-refractivity contribution in [2.45, 2.75) is 4.90 Å². The van der Waals surface area contributed by atoms with Crippen molar-refractivity contribution in [1.82, 2.24) is 10.2 Å². The molecule has 0 fully saturated rings. The molecule has 1 heterocycles. The van der Waals surface area contributed by atoms with E-state index in [1.165, 1.54) is 5.51 Å². The van der Waals surface area contributed by atoms with Crippen LogP contribution in [-0.2, 0) is 10.0 Å². The van der Waals surface area contributed by atoms with Gasteiger partial charge in [0.1, 0.15) is 16.3 Å². The van der Waals surface area contributed by atoms with Crippen LogP contribution in [0, 0.1) is 5.82 Å². The van der Waals surface area contributed by atoms with Crippen LogP contribution in [0.3, 0.4) is 0 Å². The lowest BCUT2D eigenvalue weighted by molar-refractivity contribution is 0.599. The molecule has 2 rings (SSSR count). The molecule has 1 aromatic carbocycles. The summed E-state index contributed by atoms with van der Waals surface area (Å²) in [5, 5.41) is 7.17. The molecule has 0 aliphatic carbocycles. The van der Waals surface area contributed by atoms with Gasteiger partial charge < -0.3 is 5.73 Å². The molecule has 0 bridgehead atoms. The number of sulfonamides is 1. The van der Waals surface area contributed by atoms with Crippen LogP contribution in [0.25, 0.3) is 0 Å². The maximum atomic E-state index is 13.4. The Balaban J connectivity index is 2.41. The largest absolute Gasteiger partial charge is 0.389 e. The van der Waals surface area contributed by atoms with E-state index in [2.05, 4.69) is 27.1 Å². The summed E-state index contributed by atoms with van der Waals surface area (Å²) in [6.45, 7) is 0. The summed E-state index contributed by atoms with van der Waals surface area (Å²) in [5.41, 5.74) is 6.57. The van der Waals surface area contributed by atoms with Crippen LogP contribution in [0.4, 0.5) is 9.52 Å². The monoisotopic (exact) mass is 318 g/mol. The van der Waals surface area contributed by atoms with E-state index in [1.54, 1.807) is 0 Å². The Morgan fingerprint density at radius 1 is 1.47 bits per heavy atom. The molecule has 2 aromatic rings. The van der Waals surface area contributed by atoms with Crippen LogP contribution >= 0.6 is 23.6 Å². The fourth-order valence-electron chi connectivity index (χ4n) is 1.25. The van der Waals surface area contributed by atoms with Gasteiger partial charge in [0, 0.05) is 5.56 Å². The number of benzene rings is 1. The molecule has 100 valence electrons. The minimum Gasteiger partial charge on any atom is -0.389 e. The summed E-state index contributed by atoms with van der Waals surface area (Å²) in [4.78, 5) is -0.377. The summed E-state index contributed by atoms with van der Waals surface area (Å²) >= 11 is 5.67. The Labute approximate surface area is 117 Å². The predicted molar refractivity (Wildman–Crippen MR) is 73.0 cm³/mol. The van der Waals surface area contributed by atoms with Gasteiger partial charge in [0.05, 0.1) is 4.90 Å². The molecule has 0 saturated heterocycles. The van der Waals surface area contributed by atoms with Gasteiger partial charge in [-0.2, -0.15) is 0 Å². The van der Waals surface area contributed by atoms with Gasteiger partial charge in [-0.25, -0.2) is 12.8 Å². The quantitative estimate of drug-likeness (QED) is 0.820. The molecular weight excluding hydrogens is 311 g/mol. The standard InChI is InChI=1S/C9H7FN4O2S3/c10-7-2-1-5(3-6(7)8(11)17)19(15,16)14-9-13-12-4-18-9/h1-4H,(H2,11,17)(H,13,14). The molecule has 3 N–H and O–H groups in total. The van der Waals surface area contributed by atoms with Crippen molar-refractivity contribution in [3.63, 3.8) is 0 Å². The number of thiocarbonyl (C=S) groups is 1. The number of nitrogens with zero attached hydrogens (tertiary/aromatic N) is 2. The van der Waals surface area contributed by atoms with Crippen molar-refractivity contribution >= 4 is 43.7 Å². The van der Waals surface area contributed by atoms with Gasteiger partial charge in [0.25, 0.3) is 10.0 Å². The molecule has 0 atom stereocenters. The van der Waals surface area contributed by atoms with E-state index in [4.69, 9.17) is 5.73 Å². The molecule has 6 nitrogen and oxygen atoms in total. The topological polar surface area (TPSA) is 98.0 Å². The van der Waals surface area contributed by atoms with Crippen LogP contribution in [0.5, 0.6) is 0 Å². The van der Waals surface area contributed by atoms with Gasteiger partial charge in [-0.15, -0.1) is 10.2 Å². The highest BCUT2D eigenvalue weighted by molar-refractivity contribution is 7.93. The van der Waals surface area contributed by atoms with Gasteiger partial charge in [-0.05, 0) is 18.2 Å². The first-order valence-electron chi connectivity index (χ1n) is 4.78. The second kappa shape index (κ2) is 5.15. The fraction of sp³-hybridized carbons (Fsp3) is 0. The average Bonchev–Trinajstić information content (AvgIpc) is 2.80. The normalized spacial score (nSPS) is 11.2. The SMILES string of the molecule is NC(=S)c1cc(S(=O)(=O)Nc2nncs2)ccc1F. The summed E-state index contributed by atoms with van der Waals surface area (Å²) < 4.78 is 39.6. The van der Waals surface area contributed by atoms with Gasteiger partial charge in [-0.1, -0.05) is 23.6 Å². The summed E-state index contributed by atoms with van der Waals surface area (Å²) in [7, 11) is -3.88. The molecule has 1 aromatic heterocycles. The Bertz CT molecular complexity index is 715. The summed E-state index contributed by atoms with van der Waals surface area (Å²) in [6, 6.07) is 3.17. The molecule has 0 spiro atoms. The third kappa shape index (κ3) is 3.03. The predicted octanol–water partition coefficient (Wildman–Crippen LogP) is 1.11. The second-order valence-electron chi connectivity index (χ2n) is 3.36. The lowest BCUT2D eigenvalue weighted by atomic mass is 10.2. The first-order valence-corrected chi connectivity index (χ1v) is 7.55. The molecule has 0 aliphatic heterocycles. The van der Waals surface area contributed by atoms with Crippen molar-refractivity contribution < 1.29 is 12.8 Å². The molecule has 0 amide bonds. The number of hydrogen-bond acceptors (Lipinski definition) is 6. The number of rotatable bonds is 4. The fourth-order valence-corrected chi connectivity index (χ4v) is 3.13. The van der Waals surface area contributed by atoms with Crippen molar-refractivity contribution in [1.29, 1.82) is 0 Å². The number of nitrogens with two attached hydrogens (primary N) is 1. The number of nitrogens with one attached hydrogen (secondary N) is 1. The number of anilines is 1. The van der Waals surface area contributed by atoms with Crippen LogP contribution < -0.4 is 10.5 Å². The molecule has 0 aliphatic rings. The number of halogens is 1. The Hall–Kier alpha value is -1.65. The van der Waals surface area contributed by atoms with Crippen molar-refractivity contribution in [2.24, 2.45) is 5.73 Å². The summed E-state index contributed by atoms with van der Waals surface area (Å²) in [6.07, 6.45) is 0. The van der Waals surface area contributed by atoms with E-state index in [0.717, 1.165) is 29.5 Å². The van der Waals surface area contributed by atoms with E-state index in [9.17, 15) is 12.8 Å². The first-order chi connectivity index (χ1) is 8.90. The smallest absolute Gasteiger partial charge is 0.263 e.